The number of halogens is 1. The topological polar surface area (TPSA) is 92.6 Å². The number of benzene rings is 2. The zero-order valence-electron chi connectivity index (χ0n) is 17.2. The van der Waals surface area contributed by atoms with Gasteiger partial charge in [-0.05, 0) is 48.0 Å². The van der Waals surface area contributed by atoms with Gasteiger partial charge in [0.05, 0.1) is 34.0 Å². The first-order chi connectivity index (χ1) is 16.0. The van der Waals surface area contributed by atoms with Crippen LogP contribution in [0.4, 0.5) is 5.13 Å². The third-order valence-electron chi connectivity index (χ3n) is 5.38. The highest BCUT2D eigenvalue weighted by atomic mass is 35.5. The van der Waals surface area contributed by atoms with Crippen LogP contribution < -0.4 is 9.64 Å². The molecular weight excluding hydrogens is 462 g/mol. The molecule has 5 rings (SSSR count). The highest BCUT2D eigenvalue weighted by molar-refractivity contribution is 7.22. The second-order valence-corrected chi connectivity index (χ2v) is 8.68. The number of hydrogen-bond acceptors (Lipinski definition) is 7. The molecule has 1 amide bonds. The number of aliphatic hydroxyl groups excluding tert-OH is 1. The van der Waals surface area contributed by atoms with E-state index in [1.54, 1.807) is 36.7 Å². The zero-order valence-corrected chi connectivity index (χ0v) is 18.8. The molecule has 33 heavy (non-hydrogen) atoms. The summed E-state index contributed by atoms with van der Waals surface area (Å²) < 4.78 is 6.12. The van der Waals surface area contributed by atoms with E-state index in [0.717, 1.165) is 10.2 Å². The van der Waals surface area contributed by atoms with Crippen LogP contribution in [0.2, 0.25) is 5.02 Å². The molecule has 0 bridgehead atoms. The summed E-state index contributed by atoms with van der Waals surface area (Å²) >= 11 is 7.41. The summed E-state index contributed by atoms with van der Waals surface area (Å²) in [6.45, 7) is 0. The number of ether oxygens (including phenoxy) is 1. The highest BCUT2D eigenvalue weighted by Gasteiger charge is 2.48. The van der Waals surface area contributed by atoms with E-state index < -0.39 is 17.7 Å². The van der Waals surface area contributed by atoms with E-state index >= 15 is 0 Å². The van der Waals surface area contributed by atoms with Gasteiger partial charge in [-0.3, -0.25) is 19.5 Å². The predicted octanol–water partition coefficient (Wildman–Crippen LogP) is 4.98. The second-order valence-electron chi connectivity index (χ2n) is 7.26. The van der Waals surface area contributed by atoms with Crippen molar-refractivity contribution in [2.45, 2.75) is 6.04 Å². The molecule has 0 saturated carbocycles. The first-order valence-corrected chi connectivity index (χ1v) is 11.1. The number of aliphatic hydroxyl groups is 1. The Morgan fingerprint density at radius 3 is 2.61 bits per heavy atom. The molecule has 0 aliphatic carbocycles. The molecule has 1 saturated heterocycles. The molecule has 164 valence electrons. The Balaban J connectivity index is 1.73. The number of aromatic nitrogens is 2. The minimum atomic E-state index is -0.879. The van der Waals surface area contributed by atoms with E-state index in [-0.39, 0.29) is 11.3 Å². The van der Waals surface area contributed by atoms with Crippen molar-refractivity contribution in [2.24, 2.45) is 0 Å². The monoisotopic (exact) mass is 477 g/mol. The molecule has 1 aliphatic rings. The maximum atomic E-state index is 13.2. The van der Waals surface area contributed by atoms with Crippen LogP contribution in [0.3, 0.4) is 0 Å². The van der Waals surface area contributed by atoms with Gasteiger partial charge in [0.15, 0.2) is 5.13 Å². The Morgan fingerprint density at radius 1 is 1.12 bits per heavy atom. The molecule has 0 spiro atoms. The highest BCUT2D eigenvalue weighted by Crippen LogP contribution is 2.44. The van der Waals surface area contributed by atoms with Crippen molar-refractivity contribution < 1.29 is 19.4 Å². The molecule has 2 aromatic heterocycles. The standard InChI is InChI=1S/C24H16ClN3O4S/c1-32-17-12-14(6-7-15(17)25)21(29)19-20(13-8-10-26-11-9-13)28(23(31)22(19)30)24-27-16-4-2-3-5-18(16)33-24/h2-12,20,29H,1H3/b21-19+. The summed E-state index contributed by atoms with van der Waals surface area (Å²) in [5.41, 5.74) is 1.59. The lowest BCUT2D eigenvalue weighted by Crippen LogP contribution is -2.29. The number of Topliss-reactive ketones (excluding diaryl/α,β-unsaturated/α-hetero) is 1. The van der Waals surface area contributed by atoms with Gasteiger partial charge in [0.1, 0.15) is 11.5 Å². The summed E-state index contributed by atoms with van der Waals surface area (Å²) in [4.78, 5) is 36.4. The molecule has 0 radical (unpaired) electrons. The number of fused-ring (bicyclic) bond motifs is 1. The fourth-order valence-corrected chi connectivity index (χ4v) is 5.00. The summed E-state index contributed by atoms with van der Waals surface area (Å²) in [7, 11) is 1.45. The summed E-state index contributed by atoms with van der Waals surface area (Å²) in [5, 5.41) is 11.9. The molecule has 3 heterocycles. The average Bonchev–Trinajstić information content (AvgIpc) is 3.38. The molecule has 2 aromatic carbocycles. The summed E-state index contributed by atoms with van der Waals surface area (Å²) in [6.07, 6.45) is 3.14. The van der Waals surface area contributed by atoms with Crippen molar-refractivity contribution >= 4 is 55.7 Å². The van der Waals surface area contributed by atoms with Crippen molar-refractivity contribution in [2.75, 3.05) is 12.0 Å². The van der Waals surface area contributed by atoms with Gasteiger partial charge in [-0.25, -0.2) is 4.98 Å². The lowest BCUT2D eigenvalue weighted by molar-refractivity contribution is -0.132. The number of amides is 1. The number of carbonyl (C=O) groups is 2. The molecule has 4 aromatic rings. The zero-order chi connectivity index (χ0) is 23.1. The number of nitrogens with zero attached hydrogens (tertiary/aromatic N) is 3. The third kappa shape index (κ3) is 3.53. The Hall–Kier alpha value is -3.75. The number of hydrogen-bond donors (Lipinski definition) is 1. The minimum absolute atomic E-state index is 0.0465. The Labute approximate surface area is 197 Å². The molecule has 1 N–H and O–H groups in total. The summed E-state index contributed by atoms with van der Waals surface area (Å²) in [6, 6.07) is 14.6. The largest absolute Gasteiger partial charge is 0.507 e. The predicted molar refractivity (Wildman–Crippen MR) is 127 cm³/mol. The van der Waals surface area contributed by atoms with Crippen molar-refractivity contribution in [1.82, 2.24) is 9.97 Å². The van der Waals surface area contributed by atoms with Gasteiger partial charge in [0.25, 0.3) is 5.78 Å². The average molecular weight is 478 g/mol. The van der Waals surface area contributed by atoms with Crippen LogP contribution in [0.1, 0.15) is 17.2 Å². The number of para-hydroxylation sites is 1. The van der Waals surface area contributed by atoms with Gasteiger partial charge in [-0.2, -0.15) is 0 Å². The van der Waals surface area contributed by atoms with Crippen LogP contribution >= 0.6 is 22.9 Å². The Kier molecular flexibility index (Phi) is 5.32. The van der Waals surface area contributed by atoms with Crippen LogP contribution in [-0.2, 0) is 9.59 Å². The molecule has 1 fully saturated rings. The van der Waals surface area contributed by atoms with Gasteiger partial charge in [0, 0.05) is 18.0 Å². The fourth-order valence-electron chi connectivity index (χ4n) is 3.82. The molecule has 7 nitrogen and oxygen atoms in total. The molecule has 9 heteroatoms. The number of rotatable bonds is 4. The maximum absolute atomic E-state index is 13.2. The normalized spacial score (nSPS) is 17.6. The lowest BCUT2D eigenvalue weighted by atomic mass is 9.96. The van der Waals surface area contributed by atoms with Gasteiger partial charge >= 0.3 is 5.91 Å². The van der Waals surface area contributed by atoms with Crippen LogP contribution in [0.5, 0.6) is 5.75 Å². The lowest BCUT2D eigenvalue weighted by Gasteiger charge is -2.22. The van der Waals surface area contributed by atoms with Gasteiger partial charge < -0.3 is 9.84 Å². The minimum Gasteiger partial charge on any atom is -0.507 e. The van der Waals surface area contributed by atoms with Crippen LogP contribution in [0.15, 0.2) is 72.6 Å². The number of pyridine rings is 1. The number of ketones is 1. The molecule has 1 unspecified atom stereocenters. The van der Waals surface area contributed by atoms with E-state index in [4.69, 9.17) is 16.3 Å². The molecule has 1 aliphatic heterocycles. The third-order valence-corrected chi connectivity index (χ3v) is 6.73. The number of carbonyl (C=O) groups excluding carboxylic acids is 2. The SMILES string of the molecule is COc1cc(/C(O)=C2\C(=O)C(=O)N(c3nc4ccccc4s3)C2c2ccncc2)ccc1Cl. The van der Waals surface area contributed by atoms with Crippen LogP contribution in [-0.4, -0.2) is 33.9 Å². The number of thiazole rings is 1. The molecule has 1 atom stereocenters. The van der Waals surface area contributed by atoms with E-state index in [1.165, 1.54) is 29.4 Å². The van der Waals surface area contributed by atoms with E-state index in [2.05, 4.69) is 9.97 Å². The maximum Gasteiger partial charge on any atom is 0.301 e. The fraction of sp³-hybridized carbons (Fsp3) is 0.0833. The first-order valence-electron chi connectivity index (χ1n) is 9.90. The van der Waals surface area contributed by atoms with E-state index in [0.29, 0.717) is 27.0 Å². The summed E-state index contributed by atoms with van der Waals surface area (Å²) in [5.74, 6) is -1.56. The van der Waals surface area contributed by atoms with Crippen molar-refractivity contribution in [3.63, 3.8) is 0 Å². The van der Waals surface area contributed by atoms with Crippen molar-refractivity contribution in [3.05, 3.63) is 88.7 Å². The van der Waals surface area contributed by atoms with E-state index in [9.17, 15) is 14.7 Å². The number of methoxy groups -OCH3 is 1. The Bertz CT molecular complexity index is 1400. The van der Waals surface area contributed by atoms with Crippen LogP contribution in [0, 0.1) is 0 Å². The van der Waals surface area contributed by atoms with Gasteiger partial charge in [-0.15, -0.1) is 0 Å². The first kappa shape index (κ1) is 21.1. The Morgan fingerprint density at radius 2 is 1.88 bits per heavy atom. The van der Waals surface area contributed by atoms with E-state index in [1.807, 2.05) is 24.3 Å². The molecular formula is C24H16ClN3O4S. The van der Waals surface area contributed by atoms with Crippen LogP contribution in [0.25, 0.3) is 16.0 Å². The quantitative estimate of drug-likeness (QED) is 0.253. The smallest absolute Gasteiger partial charge is 0.301 e. The van der Waals surface area contributed by atoms with Crippen molar-refractivity contribution in [1.29, 1.82) is 0 Å². The second kappa shape index (κ2) is 8.31. The number of anilines is 1. The van der Waals surface area contributed by atoms with Crippen molar-refractivity contribution in [3.8, 4) is 5.75 Å². The van der Waals surface area contributed by atoms with Gasteiger partial charge in [0.2, 0.25) is 0 Å². The van der Waals surface area contributed by atoms with Gasteiger partial charge in [-0.1, -0.05) is 35.1 Å².